The van der Waals surface area contributed by atoms with Gasteiger partial charge in [-0.3, -0.25) is 4.79 Å². The van der Waals surface area contributed by atoms with Gasteiger partial charge in [-0.1, -0.05) is 12.1 Å². The first-order valence-electron chi connectivity index (χ1n) is 5.40. The third-order valence-electron chi connectivity index (χ3n) is 2.26. The number of nitrogens with one attached hydrogen (secondary N) is 1. The van der Waals surface area contributed by atoms with E-state index in [0.29, 0.717) is 6.42 Å². The first-order chi connectivity index (χ1) is 7.93. The third kappa shape index (κ3) is 4.64. The minimum absolute atomic E-state index is 0.208. The van der Waals surface area contributed by atoms with E-state index in [2.05, 4.69) is 5.32 Å². The van der Waals surface area contributed by atoms with Gasteiger partial charge in [-0.05, 0) is 38.0 Å². The SMILES string of the molecule is CC(C)(C#N)NC(=O)CCc1cccc(F)c1. The lowest BCUT2D eigenvalue weighted by Gasteiger charge is -2.17. The summed E-state index contributed by atoms with van der Waals surface area (Å²) in [4.78, 5) is 11.5. The van der Waals surface area contributed by atoms with Crippen LogP contribution in [0.1, 0.15) is 25.8 Å². The second-order valence-corrected chi connectivity index (χ2v) is 4.41. The molecule has 0 atom stereocenters. The fraction of sp³-hybridized carbons (Fsp3) is 0.385. The van der Waals surface area contributed by atoms with Crippen LogP contribution in [0.15, 0.2) is 24.3 Å². The highest BCUT2D eigenvalue weighted by atomic mass is 19.1. The fourth-order valence-electron chi connectivity index (χ4n) is 1.39. The van der Waals surface area contributed by atoms with Crippen LogP contribution in [0.25, 0.3) is 0 Å². The van der Waals surface area contributed by atoms with Crippen LogP contribution >= 0.6 is 0 Å². The minimum Gasteiger partial charge on any atom is -0.338 e. The predicted molar refractivity (Wildman–Crippen MR) is 62.6 cm³/mol. The number of aryl methyl sites for hydroxylation is 1. The maximum atomic E-state index is 12.9. The Bertz CT molecular complexity index is 449. The Balaban J connectivity index is 2.47. The van der Waals surface area contributed by atoms with E-state index in [1.54, 1.807) is 26.0 Å². The molecule has 3 nitrogen and oxygen atoms in total. The van der Waals surface area contributed by atoms with E-state index in [1.165, 1.54) is 12.1 Å². The third-order valence-corrected chi connectivity index (χ3v) is 2.26. The lowest BCUT2D eigenvalue weighted by Crippen LogP contribution is -2.42. The Morgan fingerprint density at radius 2 is 2.24 bits per heavy atom. The van der Waals surface area contributed by atoms with E-state index >= 15 is 0 Å². The van der Waals surface area contributed by atoms with Gasteiger partial charge >= 0.3 is 0 Å². The molecule has 0 aliphatic carbocycles. The molecule has 1 aromatic carbocycles. The molecule has 0 radical (unpaired) electrons. The molecule has 1 amide bonds. The van der Waals surface area contributed by atoms with E-state index in [9.17, 15) is 9.18 Å². The molecular weight excluding hydrogens is 219 g/mol. The summed E-state index contributed by atoms with van der Waals surface area (Å²) < 4.78 is 12.9. The minimum atomic E-state index is -0.862. The maximum absolute atomic E-state index is 12.9. The van der Waals surface area contributed by atoms with Crippen molar-refractivity contribution in [3.63, 3.8) is 0 Å². The van der Waals surface area contributed by atoms with Crippen LogP contribution in [0, 0.1) is 17.1 Å². The van der Waals surface area contributed by atoms with Gasteiger partial charge in [-0.2, -0.15) is 5.26 Å². The topological polar surface area (TPSA) is 52.9 Å². The molecule has 0 unspecified atom stereocenters. The largest absolute Gasteiger partial charge is 0.338 e. The highest BCUT2D eigenvalue weighted by Gasteiger charge is 2.18. The van der Waals surface area contributed by atoms with Crippen molar-refractivity contribution in [2.75, 3.05) is 0 Å². The van der Waals surface area contributed by atoms with E-state index in [1.807, 2.05) is 6.07 Å². The van der Waals surface area contributed by atoms with Crippen molar-refractivity contribution in [1.29, 1.82) is 5.26 Å². The van der Waals surface area contributed by atoms with Gasteiger partial charge in [-0.25, -0.2) is 4.39 Å². The zero-order chi connectivity index (χ0) is 12.9. The van der Waals surface area contributed by atoms with E-state index < -0.39 is 5.54 Å². The number of carbonyl (C=O) groups is 1. The molecule has 90 valence electrons. The smallest absolute Gasteiger partial charge is 0.221 e. The molecule has 1 N–H and O–H groups in total. The van der Waals surface area contributed by atoms with Crippen LogP contribution in [0.2, 0.25) is 0 Å². The second kappa shape index (κ2) is 5.44. The molecule has 0 saturated carbocycles. The molecule has 0 bridgehead atoms. The number of benzene rings is 1. The van der Waals surface area contributed by atoms with Crippen LogP contribution in [0.4, 0.5) is 4.39 Å². The zero-order valence-corrected chi connectivity index (χ0v) is 9.96. The molecule has 0 aliphatic heterocycles. The summed E-state index contributed by atoms with van der Waals surface area (Å²) in [5, 5.41) is 11.3. The quantitative estimate of drug-likeness (QED) is 0.868. The van der Waals surface area contributed by atoms with Crippen molar-refractivity contribution < 1.29 is 9.18 Å². The van der Waals surface area contributed by atoms with Gasteiger partial charge in [0.2, 0.25) is 5.91 Å². The second-order valence-electron chi connectivity index (χ2n) is 4.41. The summed E-state index contributed by atoms with van der Waals surface area (Å²) in [6, 6.07) is 8.14. The van der Waals surface area contributed by atoms with Gasteiger partial charge in [-0.15, -0.1) is 0 Å². The van der Waals surface area contributed by atoms with E-state index in [0.717, 1.165) is 5.56 Å². The Kier molecular flexibility index (Phi) is 4.22. The van der Waals surface area contributed by atoms with Crippen molar-refractivity contribution in [1.82, 2.24) is 5.32 Å². The van der Waals surface area contributed by atoms with Crippen molar-refractivity contribution in [2.45, 2.75) is 32.2 Å². The number of carbonyl (C=O) groups excluding carboxylic acids is 1. The van der Waals surface area contributed by atoms with E-state index in [-0.39, 0.29) is 18.1 Å². The number of halogens is 1. The number of hydrogen-bond donors (Lipinski definition) is 1. The summed E-state index contributed by atoms with van der Waals surface area (Å²) in [7, 11) is 0. The van der Waals surface area contributed by atoms with Crippen molar-refractivity contribution in [3.05, 3.63) is 35.6 Å². The van der Waals surface area contributed by atoms with Gasteiger partial charge in [0, 0.05) is 6.42 Å². The van der Waals surface area contributed by atoms with Crippen LogP contribution < -0.4 is 5.32 Å². The number of amides is 1. The Morgan fingerprint density at radius 3 is 2.82 bits per heavy atom. The highest BCUT2D eigenvalue weighted by molar-refractivity contribution is 5.77. The average molecular weight is 234 g/mol. The Morgan fingerprint density at radius 1 is 1.53 bits per heavy atom. The Hall–Kier alpha value is -1.89. The molecule has 1 aromatic rings. The highest BCUT2D eigenvalue weighted by Crippen LogP contribution is 2.07. The average Bonchev–Trinajstić information content (AvgIpc) is 2.26. The van der Waals surface area contributed by atoms with E-state index in [4.69, 9.17) is 5.26 Å². The van der Waals surface area contributed by atoms with Gasteiger partial charge in [0.1, 0.15) is 11.4 Å². The van der Waals surface area contributed by atoms with Crippen LogP contribution in [0.3, 0.4) is 0 Å². The Labute approximate surface area is 100 Å². The number of nitrogens with zero attached hydrogens (tertiary/aromatic N) is 1. The first-order valence-corrected chi connectivity index (χ1v) is 5.40. The maximum Gasteiger partial charge on any atom is 0.221 e. The zero-order valence-electron chi connectivity index (χ0n) is 9.96. The van der Waals surface area contributed by atoms with Crippen LogP contribution in [0.5, 0.6) is 0 Å². The predicted octanol–water partition coefficient (Wildman–Crippen LogP) is 2.18. The molecule has 0 aliphatic rings. The molecule has 0 saturated heterocycles. The first kappa shape index (κ1) is 13.2. The van der Waals surface area contributed by atoms with Gasteiger partial charge in [0.15, 0.2) is 0 Å². The van der Waals surface area contributed by atoms with Crippen molar-refractivity contribution in [3.8, 4) is 6.07 Å². The summed E-state index contributed by atoms with van der Waals surface area (Å²) in [6.45, 7) is 3.26. The summed E-state index contributed by atoms with van der Waals surface area (Å²) in [5.74, 6) is -0.513. The molecule has 1 rings (SSSR count). The lowest BCUT2D eigenvalue weighted by atomic mass is 10.1. The van der Waals surface area contributed by atoms with Crippen LogP contribution in [-0.4, -0.2) is 11.4 Å². The molecular formula is C13H15FN2O. The van der Waals surface area contributed by atoms with Crippen LogP contribution in [-0.2, 0) is 11.2 Å². The fourth-order valence-corrected chi connectivity index (χ4v) is 1.39. The summed E-state index contributed by atoms with van der Waals surface area (Å²) in [5.41, 5.74) is -0.0890. The monoisotopic (exact) mass is 234 g/mol. The molecule has 17 heavy (non-hydrogen) atoms. The molecule has 0 aromatic heterocycles. The van der Waals surface area contributed by atoms with Crippen molar-refractivity contribution in [2.24, 2.45) is 0 Å². The lowest BCUT2D eigenvalue weighted by molar-refractivity contribution is -0.122. The normalized spacial score (nSPS) is 10.7. The number of nitriles is 1. The molecule has 0 fully saturated rings. The van der Waals surface area contributed by atoms with Gasteiger partial charge in [0.25, 0.3) is 0 Å². The molecule has 4 heteroatoms. The number of hydrogen-bond acceptors (Lipinski definition) is 2. The summed E-state index contributed by atoms with van der Waals surface area (Å²) >= 11 is 0. The van der Waals surface area contributed by atoms with Gasteiger partial charge in [0.05, 0.1) is 6.07 Å². The molecule has 0 heterocycles. The van der Waals surface area contributed by atoms with Gasteiger partial charge < -0.3 is 5.32 Å². The summed E-state index contributed by atoms with van der Waals surface area (Å²) in [6.07, 6.45) is 0.708. The standard InChI is InChI=1S/C13H15FN2O/c1-13(2,9-15)16-12(17)7-6-10-4-3-5-11(14)8-10/h3-5,8H,6-7H2,1-2H3,(H,16,17). The molecule has 0 spiro atoms. The number of rotatable bonds is 4. The van der Waals surface area contributed by atoms with Crippen molar-refractivity contribution >= 4 is 5.91 Å².